The van der Waals surface area contributed by atoms with Crippen LogP contribution in [0.5, 0.6) is 5.75 Å². The van der Waals surface area contributed by atoms with Crippen molar-refractivity contribution < 1.29 is 9.52 Å². The van der Waals surface area contributed by atoms with Gasteiger partial charge in [-0.3, -0.25) is 0 Å². The van der Waals surface area contributed by atoms with Crippen molar-refractivity contribution >= 4 is 28.3 Å². The molecule has 0 saturated heterocycles. The molecular formula is C21H19ClN2O3. The molecule has 138 valence electrons. The molecule has 0 amide bonds. The molecule has 3 aromatic rings. The molecule has 0 radical (unpaired) electrons. The van der Waals surface area contributed by atoms with Crippen LogP contribution in [0.15, 0.2) is 44.6 Å². The number of nitrogens with zero attached hydrogens (tertiary/aromatic N) is 1. The third-order valence-corrected chi connectivity index (χ3v) is 5.57. The summed E-state index contributed by atoms with van der Waals surface area (Å²) in [5, 5.41) is 16.7. The number of aryl methyl sites for hydroxylation is 2. The van der Waals surface area contributed by atoms with Crippen LogP contribution in [-0.2, 0) is 0 Å². The Hall–Kier alpha value is -2.79. The van der Waals surface area contributed by atoms with Gasteiger partial charge in [-0.2, -0.15) is 5.10 Å². The van der Waals surface area contributed by atoms with E-state index >= 15 is 0 Å². The van der Waals surface area contributed by atoms with Crippen molar-refractivity contribution in [2.24, 2.45) is 5.10 Å². The molecule has 1 aliphatic heterocycles. The molecule has 0 saturated carbocycles. The second kappa shape index (κ2) is 6.43. The smallest absolute Gasteiger partial charge is 0.339 e. The number of halogens is 1. The summed E-state index contributed by atoms with van der Waals surface area (Å²) in [7, 11) is 0. The van der Waals surface area contributed by atoms with E-state index in [-0.39, 0.29) is 17.4 Å². The molecule has 2 aromatic carbocycles. The van der Waals surface area contributed by atoms with Gasteiger partial charge >= 0.3 is 5.63 Å². The van der Waals surface area contributed by atoms with Crippen molar-refractivity contribution in [1.82, 2.24) is 5.43 Å². The maximum absolute atomic E-state index is 12.0. The summed E-state index contributed by atoms with van der Waals surface area (Å²) in [6.45, 7) is 5.38. The normalized spacial score (nSPS) is 16.4. The van der Waals surface area contributed by atoms with E-state index in [1.807, 2.05) is 38.1 Å². The third kappa shape index (κ3) is 2.79. The number of rotatable bonds is 2. The Morgan fingerprint density at radius 3 is 2.70 bits per heavy atom. The van der Waals surface area contributed by atoms with Gasteiger partial charge in [0.05, 0.1) is 17.1 Å². The van der Waals surface area contributed by atoms with Crippen molar-refractivity contribution in [3.63, 3.8) is 0 Å². The molecule has 4 rings (SSSR count). The van der Waals surface area contributed by atoms with E-state index in [2.05, 4.69) is 10.5 Å². The van der Waals surface area contributed by atoms with Crippen LogP contribution in [0.1, 0.15) is 40.3 Å². The van der Waals surface area contributed by atoms with E-state index in [1.165, 1.54) is 0 Å². The topological polar surface area (TPSA) is 74.8 Å². The Balaban J connectivity index is 1.81. The number of nitrogens with one attached hydrogen (secondary N) is 1. The van der Waals surface area contributed by atoms with Gasteiger partial charge in [0, 0.05) is 22.6 Å². The minimum absolute atomic E-state index is 0.0558. The van der Waals surface area contributed by atoms with Gasteiger partial charge in [0.25, 0.3) is 0 Å². The number of hydrazone groups is 1. The van der Waals surface area contributed by atoms with Gasteiger partial charge in [-0.15, -0.1) is 0 Å². The first-order valence-corrected chi connectivity index (χ1v) is 9.09. The van der Waals surface area contributed by atoms with Gasteiger partial charge in [0.2, 0.25) is 0 Å². The summed E-state index contributed by atoms with van der Waals surface area (Å²) in [6, 6.07) is 9.37. The Labute approximate surface area is 161 Å². The maximum atomic E-state index is 12.0. The number of fused-ring (bicyclic) bond motifs is 1. The van der Waals surface area contributed by atoms with E-state index in [0.29, 0.717) is 39.1 Å². The third-order valence-electron chi connectivity index (χ3n) is 5.23. The summed E-state index contributed by atoms with van der Waals surface area (Å²) in [5.74, 6) is 0.0923. The molecule has 1 aromatic heterocycles. The Morgan fingerprint density at radius 1 is 1.22 bits per heavy atom. The van der Waals surface area contributed by atoms with Gasteiger partial charge in [-0.25, -0.2) is 4.79 Å². The minimum atomic E-state index is -0.384. The first-order chi connectivity index (χ1) is 12.9. The predicted molar refractivity (Wildman–Crippen MR) is 107 cm³/mol. The van der Waals surface area contributed by atoms with Gasteiger partial charge in [0.1, 0.15) is 11.3 Å². The first kappa shape index (κ1) is 17.6. The number of hydrogen-bond donors (Lipinski definition) is 2. The average molecular weight is 383 g/mol. The van der Waals surface area contributed by atoms with E-state index in [9.17, 15) is 9.90 Å². The zero-order valence-corrected chi connectivity index (χ0v) is 16.0. The van der Waals surface area contributed by atoms with Gasteiger partial charge in [-0.1, -0.05) is 29.8 Å². The SMILES string of the molecule is Cc1cc2oc(=O)c(C)c(C)c2c(O)c1C1=NN[C@@H](c2ccccc2Cl)C1. The van der Waals surface area contributed by atoms with Crippen molar-refractivity contribution in [3.8, 4) is 5.75 Å². The van der Waals surface area contributed by atoms with Crippen LogP contribution in [0.2, 0.25) is 5.02 Å². The lowest BCUT2D eigenvalue weighted by atomic mass is 9.93. The van der Waals surface area contributed by atoms with Crippen molar-refractivity contribution in [3.05, 3.63) is 73.6 Å². The molecule has 2 heterocycles. The molecule has 6 heteroatoms. The molecule has 2 N–H and O–H groups in total. The summed E-state index contributed by atoms with van der Waals surface area (Å²) in [4.78, 5) is 12.0. The van der Waals surface area contributed by atoms with Gasteiger partial charge in [0.15, 0.2) is 0 Å². The molecule has 0 spiro atoms. The van der Waals surface area contributed by atoms with E-state index in [0.717, 1.165) is 16.8 Å². The standard InChI is InChI=1S/C21H19ClN2O3/c1-10-8-17-19(11(2)12(3)21(26)27-17)20(25)18(10)16-9-15(23-24-16)13-6-4-5-7-14(13)22/h4-8,15,23,25H,9H2,1-3H3/t15-/m1/s1. The second-order valence-corrected chi connectivity index (χ2v) is 7.30. The summed E-state index contributed by atoms with van der Waals surface area (Å²) >= 11 is 6.31. The van der Waals surface area contributed by atoms with Crippen molar-refractivity contribution in [1.29, 1.82) is 0 Å². The Bertz CT molecular complexity index is 1160. The molecule has 0 fully saturated rings. The lowest BCUT2D eigenvalue weighted by Crippen LogP contribution is -2.11. The highest BCUT2D eigenvalue weighted by atomic mass is 35.5. The van der Waals surface area contributed by atoms with Crippen LogP contribution in [0.4, 0.5) is 0 Å². The fourth-order valence-corrected chi connectivity index (χ4v) is 3.90. The number of phenolic OH excluding ortho intramolecular Hbond substituents is 1. The molecule has 0 bridgehead atoms. The number of aromatic hydroxyl groups is 1. The zero-order chi connectivity index (χ0) is 19.3. The van der Waals surface area contributed by atoms with E-state index < -0.39 is 0 Å². The number of hydrogen-bond acceptors (Lipinski definition) is 5. The Kier molecular flexibility index (Phi) is 4.19. The lowest BCUT2D eigenvalue weighted by molar-refractivity contribution is 0.476. The highest BCUT2D eigenvalue weighted by Crippen LogP contribution is 2.38. The number of benzene rings is 2. The predicted octanol–water partition coefficient (Wildman–Crippen LogP) is 4.52. The van der Waals surface area contributed by atoms with E-state index in [4.69, 9.17) is 16.0 Å². The van der Waals surface area contributed by atoms with Crippen molar-refractivity contribution in [2.45, 2.75) is 33.2 Å². The van der Waals surface area contributed by atoms with Crippen LogP contribution in [0, 0.1) is 20.8 Å². The molecule has 1 atom stereocenters. The lowest BCUT2D eigenvalue weighted by Gasteiger charge is -2.14. The van der Waals surface area contributed by atoms with Crippen molar-refractivity contribution in [2.75, 3.05) is 0 Å². The summed E-state index contributed by atoms with van der Waals surface area (Å²) in [5.41, 5.74) is 7.51. The number of phenols is 1. The van der Waals surface area contributed by atoms with Gasteiger partial charge in [-0.05, 0) is 49.6 Å². The highest BCUT2D eigenvalue weighted by molar-refractivity contribution is 6.31. The highest BCUT2D eigenvalue weighted by Gasteiger charge is 2.27. The summed E-state index contributed by atoms with van der Waals surface area (Å²) < 4.78 is 5.37. The minimum Gasteiger partial charge on any atom is -0.506 e. The molecule has 27 heavy (non-hydrogen) atoms. The molecule has 0 unspecified atom stereocenters. The van der Waals surface area contributed by atoms with Crippen LogP contribution in [0.3, 0.4) is 0 Å². The fourth-order valence-electron chi connectivity index (χ4n) is 3.63. The van der Waals surface area contributed by atoms with Crippen LogP contribution >= 0.6 is 11.6 Å². The average Bonchev–Trinajstić information content (AvgIpc) is 3.09. The molecule has 1 aliphatic rings. The molecule has 5 nitrogen and oxygen atoms in total. The zero-order valence-electron chi connectivity index (χ0n) is 15.3. The van der Waals surface area contributed by atoms with Crippen LogP contribution in [-0.4, -0.2) is 10.8 Å². The first-order valence-electron chi connectivity index (χ1n) is 8.72. The Morgan fingerprint density at radius 2 is 1.96 bits per heavy atom. The van der Waals surface area contributed by atoms with Gasteiger partial charge < -0.3 is 14.9 Å². The van der Waals surface area contributed by atoms with Crippen LogP contribution < -0.4 is 11.1 Å². The van der Waals surface area contributed by atoms with E-state index in [1.54, 1.807) is 13.0 Å². The monoisotopic (exact) mass is 382 g/mol. The molecular weight excluding hydrogens is 364 g/mol. The fraction of sp³-hybridized carbons (Fsp3) is 0.238. The molecule has 0 aliphatic carbocycles. The summed E-state index contributed by atoms with van der Waals surface area (Å²) in [6.07, 6.45) is 0.596. The quantitative estimate of drug-likeness (QED) is 0.639. The van der Waals surface area contributed by atoms with Crippen LogP contribution in [0.25, 0.3) is 11.0 Å². The second-order valence-electron chi connectivity index (χ2n) is 6.90. The largest absolute Gasteiger partial charge is 0.506 e. The maximum Gasteiger partial charge on any atom is 0.339 e.